The number of rotatable bonds is 7. The summed E-state index contributed by atoms with van der Waals surface area (Å²) < 4.78 is 52.8. The highest BCUT2D eigenvalue weighted by Gasteiger charge is 2.27. The molecule has 1 aromatic carbocycles. The van der Waals surface area contributed by atoms with Crippen molar-refractivity contribution in [3.63, 3.8) is 0 Å². The van der Waals surface area contributed by atoms with E-state index in [4.69, 9.17) is 0 Å². The van der Waals surface area contributed by atoms with E-state index in [9.17, 15) is 27.7 Å². The fourth-order valence-electron chi connectivity index (χ4n) is 1.37. The number of nitro benzene ring substituents is 1. The summed E-state index contributed by atoms with van der Waals surface area (Å²) in [4.78, 5) is 9.55. The average Bonchev–Trinajstić information content (AvgIpc) is 2.32. The van der Waals surface area contributed by atoms with Crippen molar-refractivity contribution in [3.8, 4) is 0 Å². The van der Waals surface area contributed by atoms with Crippen LogP contribution in [0.5, 0.6) is 0 Å². The van der Waals surface area contributed by atoms with Crippen molar-refractivity contribution < 1.29 is 27.2 Å². The van der Waals surface area contributed by atoms with Crippen LogP contribution >= 0.6 is 0 Å². The minimum atomic E-state index is -4.36. The Morgan fingerprint density at radius 2 is 2.05 bits per heavy atom. The molecular formula is C11H12F4N2O3. The van der Waals surface area contributed by atoms with Gasteiger partial charge < -0.3 is 10.1 Å². The molecule has 9 heteroatoms. The number of nitrogens with one attached hydrogen (secondary N) is 1. The average molecular weight is 296 g/mol. The summed E-state index contributed by atoms with van der Waals surface area (Å²) in [6.45, 7) is -1.14. The molecule has 112 valence electrons. The minimum Gasteiger partial charge on any atom is -0.371 e. The summed E-state index contributed by atoms with van der Waals surface area (Å²) in [5, 5.41) is 13.1. The lowest BCUT2D eigenvalue weighted by atomic mass is 10.2. The summed E-state index contributed by atoms with van der Waals surface area (Å²) in [5.41, 5.74) is -0.175. The van der Waals surface area contributed by atoms with Crippen molar-refractivity contribution in [3.05, 3.63) is 39.7 Å². The van der Waals surface area contributed by atoms with Crippen LogP contribution in [-0.2, 0) is 11.3 Å². The molecule has 0 fully saturated rings. The molecule has 1 N–H and O–H groups in total. The van der Waals surface area contributed by atoms with Gasteiger partial charge in [-0.15, -0.1) is 0 Å². The molecule has 0 atom stereocenters. The lowest BCUT2D eigenvalue weighted by Crippen LogP contribution is -2.23. The van der Waals surface area contributed by atoms with Crippen LogP contribution in [0.4, 0.5) is 23.2 Å². The molecule has 0 aliphatic heterocycles. The van der Waals surface area contributed by atoms with Crippen LogP contribution in [0.3, 0.4) is 0 Å². The predicted octanol–water partition coefficient (Wildman–Crippen LogP) is 2.40. The Kier molecular flexibility index (Phi) is 5.83. The lowest BCUT2D eigenvalue weighted by Gasteiger charge is -2.08. The Morgan fingerprint density at radius 3 is 2.60 bits per heavy atom. The summed E-state index contributed by atoms with van der Waals surface area (Å²) >= 11 is 0. The maximum absolute atomic E-state index is 13.2. The van der Waals surface area contributed by atoms with Gasteiger partial charge in [0.15, 0.2) is 0 Å². The van der Waals surface area contributed by atoms with Gasteiger partial charge in [-0.05, 0) is 11.6 Å². The van der Waals surface area contributed by atoms with Crippen molar-refractivity contribution >= 4 is 5.69 Å². The third kappa shape index (κ3) is 5.93. The summed E-state index contributed by atoms with van der Waals surface area (Å²) in [6.07, 6.45) is -4.36. The SMILES string of the molecule is O=[N+]([O-])c1ccc(CNCCOCC(F)(F)F)cc1F. The highest BCUT2D eigenvalue weighted by atomic mass is 19.4. The van der Waals surface area contributed by atoms with Gasteiger partial charge in [0.2, 0.25) is 5.82 Å². The second-order valence-electron chi connectivity index (χ2n) is 3.89. The first-order chi connectivity index (χ1) is 9.29. The molecule has 0 saturated carbocycles. The number of hydrogen-bond acceptors (Lipinski definition) is 4. The molecule has 0 radical (unpaired) electrons. The third-order valence-electron chi connectivity index (χ3n) is 2.23. The Hall–Kier alpha value is -1.74. The maximum Gasteiger partial charge on any atom is 0.411 e. The topological polar surface area (TPSA) is 64.4 Å². The fourth-order valence-corrected chi connectivity index (χ4v) is 1.37. The van der Waals surface area contributed by atoms with Gasteiger partial charge in [-0.3, -0.25) is 10.1 Å². The van der Waals surface area contributed by atoms with E-state index in [1.165, 1.54) is 6.07 Å². The highest BCUT2D eigenvalue weighted by Crippen LogP contribution is 2.17. The quantitative estimate of drug-likeness (QED) is 0.363. The first-order valence-electron chi connectivity index (χ1n) is 5.57. The first kappa shape index (κ1) is 16.3. The molecule has 5 nitrogen and oxygen atoms in total. The maximum atomic E-state index is 13.2. The number of nitrogens with zero attached hydrogens (tertiary/aromatic N) is 1. The molecule has 1 rings (SSSR count). The van der Waals surface area contributed by atoms with E-state index in [1.54, 1.807) is 0 Å². The minimum absolute atomic E-state index is 0.144. The van der Waals surface area contributed by atoms with Gasteiger partial charge in [-0.25, -0.2) is 0 Å². The zero-order chi connectivity index (χ0) is 15.2. The Bertz CT molecular complexity index is 465. The Balaban J connectivity index is 2.29. The Morgan fingerprint density at radius 1 is 1.35 bits per heavy atom. The number of halogens is 4. The van der Waals surface area contributed by atoms with Crippen LogP contribution < -0.4 is 5.32 Å². The van der Waals surface area contributed by atoms with E-state index >= 15 is 0 Å². The van der Waals surface area contributed by atoms with Crippen LogP contribution in [0.15, 0.2) is 18.2 Å². The van der Waals surface area contributed by atoms with Crippen molar-refractivity contribution in [2.75, 3.05) is 19.8 Å². The van der Waals surface area contributed by atoms with Crippen LogP contribution in [-0.4, -0.2) is 30.9 Å². The summed E-state index contributed by atoms with van der Waals surface area (Å²) in [7, 11) is 0. The second kappa shape index (κ2) is 7.15. The van der Waals surface area contributed by atoms with Crippen LogP contribution in [0.1, 0.15) is 5.56 Å². The smallest absolute Gasteiger partial charge is 0.371 e. The van der Waals surface area contributed by atoms with Crippen molar-refractivity contribution in [2.45, 2.75) is 12.7 Å². The van der Waals surface area contributed by atoms with E-state index < -0.39 is 29.2 Å². The predicted molar refractivity (Wildman–Crippen MR) is 61.6 cm³/mol. The molecule has 0 heterocycles. The zero-order valence-corrected chi connectivity index (χ0v) is 10.2. The second-order valence-corrected chi connectivity index (χ2v) is 3.89. The first-order valence-corrected chi connectivity index (χ1v) is 5.57. The standard InChI is InChI=1S/C11H12F4N2O3/c12-9-5-8(1-2-10(9)17(18)19)6-16-3-4-20-7-11(13,14)15/h1-2,5,16H,3-4,6-7H2. The van der Waals surface area contributed by atoms with Gasteiger partial charge in [0.05, 0.1) is 11.5 Å². The molecule has 0 saturated heterocycles. The monoisotopic (exact) mass is 296 g/mol. The molecule has 0 amide bonds. The van der Waals surface area contributed by atoms with Gasteiger partial charge in [0.1, 0.15) is 6.61 Å². The Labute approximate surface area is 111 Å². The van der Waals surface area contributed by atoms with Crippen molar-refractivity contribution in [1.29, 1.82) is 0 Å². The van der Waals surface area contributed by atoms with Crippen LogP contribution in [0.2, 0.25) is 0 Å². The van der Waals surface area contributed by atoms with Gasteiger partial charge in [0, 0.05) is 19.2 Å². The number of alkyl halides is 3. The lowest BCUT2D eigenvalue weighted by molar-refractivity contribution is -0.387. The summed E-state index contributed by atoms with van der Waals surface area (Å²) in [5.74, 6) is -0.956. The van der Waals surface area contributed by atoms with Gasteiger partial charge in [-0.1, -0.05) is 6.07 Å². The van der Waals surface area contributed by atoms with Crippen LogP contribution in [0, 0.1) is 15.9 Å². The molecular weight excluding hydrogens is 284 g/mol. The van der Waals surface area contributed by atoms with Gasteiger partial charge in [-0.2, -0.15) is 17.6 Å². The molecule has 0 aromatic heterocycles. The van der Waals surface area contributed by atoms with E-state index in [0.29, 0.717) is 5.56 Å². The normalized spacial score (nSPS) is 11.6. The molecule has 0 bridgehead atoms. The fraction of sp³-hybridized carbons (Fsp3) is 0.455. The molecule has 20 heavy (non-hydrogen) atoms. The van der Waals surface area contributed by atoms with E-state index in [0.717, 1.165) is 12.1 Å². The van der Waals surface area contributed by atoms with E-state index in [-0.39, 0.29) is 19.7 Å². The van der Waals surface area contributed by atoms with Gasteiger partial charge in [0.25, 0.3) is 0 Å². The van der Waals surface area contributed by atoms with E-state index in [1.807, 2.05) is 0 Å². The molecule has 0 spiro atoms. The van der Waals surface area contributed by atoms with Gasteiger partial charge >= 0.3 is 11.9 Å². The summed E-state index contributed by atoms with van der Waals surface area (Å²) in [6, 6.07) is 3.40. The van der Waals surface area contributed by atoms with Crippen molar-refractivity contribution in [2.24, 2.45) is 0 Å². The van der Waals surface area contributed by atoms with Crippen molar-refractivity contribution in [1.82, 2.24) is 5.32 Å². The zero-order valence-electron chi connectivity index (χ0n) is 10.2. The highest BCUT2D eigenvalue weighted by molar-refractivity contribution is 5.34. The molecule has 0 aliphatic carbocycles. The number of nitro groups is 1. The molecule has 0 aliphatic rings. The third-order valence-corrected chi connectivity index (χ3v) is 2.23. The number of hydrogen-bond donors (Lipinski definition) is 1. The molecule has 1 aromatic rings. The van der Waals surface area contributed by atoms with E-state index in [2.05, 4.69) is 10.1 Å². The number of ether oxygens (including phenoxy) is 1. The molecule has 0 unspecified atom stereocenters. The number of benzene rings is 1. The largest absolute Gasteiger partial charge is 0.411 e. The van der Waals surface area contributed by atoms with Crippen LogP contribution in [0.25, 0.3) is 0 Å².